The van der Waals surface area contributed by atoms with Crippen LogP contribution in [0, 0.1) is 6.92 Å². The lowest BCUT2D eigenvalue weighted by Crippen LogP contribution is -2.40. The Morgan fingerprint density at radius 3 is 2.31 bits per heavy atom. The van der Waals surface area contributed by atoms with Crippen LogP contribution in [0.2, 0.25) is 0 Å². The first-order chi connectivity index (χ1) is 13.8. The molecule has 29 heavy (non-hydrogen) atoms. The van der Waals surface area contributed by atoms with Crippen LogP contribution in [0.1, 0.15) is 25.0 Å². The molecule has 2 rings (SSSR count). The second-order valence-corrected chi connectivity index (χ2v) is 8.39. The maximum Gasteiger partial charge on any atom is 0.241 e. The van der Waals surface area contributed by atoms with E-state index in [1.165, 1.54) is 0 Å². The first-order valence-electron chi connectivity index (χ1n) is 9.44. The molecule has 0 bridgehead atoms. The van der Waals surface area contributed by atoms with E-state index in [0.717, 1.165) is 21.7 Å². The summed E-state index contributed by atoms with van der Waals surface area (Å²) < 4.78 is 36.7. The van der Waals surface area contributed by atoms with E-state index in [-0.39, 0.29) is 13.1 Å². The van der Waals surface area contributed by atoms with Crippen molar-refractivity contribution < 1.29 is 22.7 Å². The van der Waals surface area contributed by atoms with E-state index in [1.807, 2.05) is 32.0 Å². The topological polar surface area (TPSA) is 84.9 Å². The van der Waals surface area contributed by atoms with E-state index in [0.29, 0.717) is 30.4 Å². The molecular weight excluding hydrogens is 392 g/mol. The van der Waals surface area contributed by atoms with Crippen LogP contribution in [0.25, 0.3) is 0 Å². The summed E-state index contributed by atoms with van der Waals surface area (Å²) in [6.07, 6.45) is 1.09. The molecule has 0 heterocycles. The summed E-state index contributed by atoms with van der Waals surface area (Å²) in [5.41, 5.74) is 2.09. The molecule has 0 aromatic heterocycles. The Balaban J connectivity index is 2.10. The van der Waals surface area contributed by atoms with Crippen molar-refractivity contribution >= 4 is 21.6 Å². The second kappa shape index (κ2) is 10.2. The average molecular weight is 421 g/mol. The molecular formula is C21H28N2O5S. The highest BCUT2D eigenvalue weighted by atomic mass is 32.2. The lowest BCUT2D eigenvalue weighted by molar-refractivity contribution is -0.119. The van der Waals surface area contributed by atoms with Crippen molar-refractivity contribution in [1.29, 1.82) is 0 Å². The summed E-state index contributed by atoms with van der Waals surface area (Å²) in [6.45, 7) is 6.56. The molecule has 1 N–H and O–H groups in total. The van der Waals surface area contributed by atoms with Gasteiger partial charge in [0, 0.05) is 6.54 Å². The zero-order chi connectivity index (χ0) is 21.4. The van der Waals surface area contributed by atoms with Gasteiger partial charge in [-0.2, -0.15) is 0 Å². The fourth-order valence-corrected chi connectivity index (χ4v) is 3.73. The minimum Gasteiger partial charge on any atom is -0.490 e. The van der Waals surface area contributed by atoms with Gasteiger partial charge in [0.15, 0.2) is 11.5 Å². The number of hydrogen-bond donors (Lipinski definition) is 1. The van der Waals surface area contributed by atoms with E-state index in [4.69, 9.17) is 9.47 Å². The van der Waals surface area contributed by atoms with Gasteiger partial charge in [0.1, 0.15) is 6.54 Å². The third-order valence-corrected chi connectivity index (χ3v) is 5.30. The highest BCUT2D eigenvalue weighted by Crippen LogP contribution is 2.28. The number of para-hydroxylation sites is 1. The molecule has 8 heteroatoms. The molecule has 0 atom stereocenters. The van der Waals surface area contributed by atoms with Crippen molar-refractivity contribution in [1.82, 2.24) is 5.32 Å². The zero-order valence-corrected chi connectivity index (χ0v) is 18.1. The Hall–Kier alpha value is -2.74. The highest BCUT2D eigenvalue weighted by Gasteiger charge is 2.22. The number of ether oxygens (including phenoxy) is 2. The first kappa shape index (κ1) is 22.5. The van der Waals surface area contributed by atoms with Gasteiger partial charge in [-0.15, -0.1) is 0 Å². The molecule has 0 saturated heterocycles. The minimum atomic E-state index is -3.61. The molecule has 0 radical (unpaired) electrons. The molecule has 0 aliphatic rings. The fraction of sp³-hybridized carbons (Fsp3) is 0.381. The number of hydrogen-bond acceptors (Lipinski definition) is 5. The van der Waals surface area contributed by atoms with Crippen molar-refractivity contribution in [2.45, 2.75) is 27.3 Å². The Labute approximate surface area is 172 Å². The molecule has 7 nitrogen and oxygen atoms in total. The molecule has 0 aliphatic heterocycles. The Bertz CT molecular complexity index is 944. The largest absolute Gasteiger partial charge is 0.490 e. The summed E-state index contributed by atoms with van der Waals surface area (Å²) in [5, 5.41) is 2.77. The number of aryl methyl sites for hydroxylation is 1. The van der Waals surface area contributed by atoms with Gasteiger partial charge in [-0.1, -0.05) is 24.3 Å². The number of rotatable bonds is 10. The van der Waals surface area contributed by atoms with E-state index in [1.54, 1.807) is 31.2 Å². The summed E-state index contributed by atoms with van der Waals surface area (Å²) in [5.74, 6) is 0.858. The summed E-state index contributed by atoms with van der Waals surface area (Å²) >= 11 is 0. The fourth-order valence-electron chi connectivity index (χ4n) is 2.82. The number of nitrogens with one attached hydrogen (secondary N) is 1. The quantitative estimate of drug-likeness (QED) is 0.639. The van der Waals surface area contributed by atoms with Crippen LogP contribution in [-0.4, -0.2) is 40.3 Å². The molecule has 0 saturated carbocycles. The third-order valence-electron chi connectivity index (χ3n) is 4.17. The van der Waals surface area contributed by atoms with Crippen molar-refractivity contribution in [2.75, 3.05) is 30.3 Å². The molecule has 1 amide bonds. The molecule has 2 aromatic rings. The first-order valence-corrected chi connectivity index (χ1v) is 11.3. The maximum absolute atomic E-state index is 12.5. The Morgan fingerprint density at radius 2 is 1.69 bits per heavy atom. The molecule has 158 valence electrons. The zero-order valence-electron chi connectivity index (χ0n) is 17.3. The summed E-state index contributed by atoms with van der Waals surface area (Å²) in [6, 6.07) is 12.5. The number of carbonyl (C=O) groups is 1. The van der Waals surface area contributed by atoms with Crippen LogP contribution in [0.15, 0.2) is 42.5 Å². The maximum atomic E-state index is 12.5. The van der Waals surface area contributed by atoms with E-state index < -0.39 is 15.9 Å². The van der Waals surface area contributed by atoms with Crippen LogP contribution in [-0.2, 0) is 21.4 Å². The van der Waals surface area contributed by atoms with Gasteiger partial charge in [0.2, 0.25) is 15.9 Å². The predicted octanol–water partition coefficient (Wildman–Crippen LogP) is 2.87. The Kier molecular flexibility index (Phi) is 7.90. The number of sulfonamides is 1. The van der Waals surface area contributed by atoms with Gasteiger partial charge in [0.05, 0.1) is 25.2 Å². The van der Waals surface area contributed by atoms with Gasteiger partial charge < -0.3 is 14.8 Å². The van der Waals surface area contributed by atoms with E-state index in [2.05, 4.69) is 5.32 Å². The van der Waals surface area contributed by atoms with Gasteiger partial charge in [-0.25, -0.2) is 8.42 Å². The number of amides is 1. The van der Waals surface area contributed by atoms with Crippen LogP contribution < -0.4 is 19.1 Å². The normalized spacial score (nSPS) is 11.0. The molecule has 0 aliphatic carbocycles. The van der Waals surface area contributed by atoms with Crippen LogP contribution in [0.3, 0.4) is 0 Å². The SMILES string of the molecule is CCOc1ccc(CNC(=O)CN(c2ccccc2C)S(C)(=O)=O)cc1OCC. The van der Waals surface area contributed by atoms with Gasteiger partial charge in [0.25, 0.3) is 0 Å². The lowest BCUT2D eigenvalue weighted by Gasteiger charge is -2.23. The molecule has 0 unspecified atom stereocenters. The highest BCUT2D eigenvalue weighted by molar-refractivity contribution is 7.92. The molecule has 0 spiro atoms. The number of nitrogens with zero attached hydrogens (tertiary/aromatic N) is 1. The van der Waals surface area contributed by atoms with E-state index in [9.17, 15) is 13.2 Å². The molecule has 2 aromatic carbocycles. The minimum absolute atomic E-state index is 0.247. The monoisotopic (exact) mass is 420 g/mol. The summed E-state index contributed by atoms with van der Waals surface area (Å²) in [7, 11) is -3.61. The Morgan fingerprint density at radius 1 is 1.03 bits per heavy atom. The number of benzene rings is 2. The van der Waals surface area contributed by atoms with E-state index >= 15 is 0 Å². The summed E-state index contributed by atoms with van der Waals surface area (Å²) in [4.78, 5) is 12.5. The second-order valence-electron chi connectivity index (χ2n) is 6.48. The molecule has 0 fully saturated rings. The van der Waals surface area contributed by atoms with Crippen molar-refractivity contribution in [3.63, 3.8) is 0 Å². The van der Waals surface area contributed by atoms with Gasteiger partial charge in [-0.05, 0) is 50.1 Å². The van der Waals surface area contributed by atoms with Crippen molar-refractivity contribution in [3.8, 4) is 11.5 Å². The predicted molar refractivity (Wildman–Crippen MR) is 114 cm³/mol. The van der Waals surface area contributed by atoms with Crippen LogP contribution in [0.4, 0.5) is 5.69 Å². The smallest absolute Gasteiger partial charge is 0.241 e. The number of anilines is 1. The van der Waals surface area contributed by atoms with Crippen molar-refractivity contribution in [3.05, 3.63) is 53.6 Å². The number of carbonyl (C=O) groups excluding carboxylic acids is 1. The van der Waals surface area contributed by atoms with Crippen molar-refractivity contribution in [2.24, 2.45) is 0 Å². The van der Waals surface area contributed by atoms with Crippen LogP contribution in [0.5, 0.6) is 11.5 Å². The third kappa shape index (κ3) is 6.39. The lowest BCUT2D eigenvalue weighted by atomic mass is 10.2. The van der Waals surface area contributed by atoms with Gasteiger partial charge in [-0.3, -0.25) is 9.10 Å². The van der Waals surface area contributed by atoms with Gasteiger partial charge >= 0.3 is 0 Å². The van der Waals surface area contributed by atoms with Crippen LogP contribution >= 0.6 is 0 Å². The standard InChI is InChI=1S/C21H28N2O5S/c1-5-27-19-12-11-17(13-20(19)28-6-2)14-22-21(24)15-23(29(4,25)26)18-10-8-7-9-16(18)3/h7-13H,5-6,14-15H2,1-4H3,(H,22,24). The average Bonchev–Trinajstić information content (AvgIpc) is 2.66.